The highest BCUT2D eigenvalue weighted by molar-refractivity contribution is 6.36. The van der Waals surface area contributed by atoms with E-state index in [2.05, 4.69) is 4.98 Å². The second-order valence-electron chi connectivity index (χ2n) is 2.32. The summed E-state index contributed by atoms with van der Waals surface area (Å²) in [7, 11) is 0. The van der Waals surface area contributed by atoms with Gasteiger partial charge in [0.15, 0.2) is 5.69 Å². The quantitative estimate of drug-likeness (QED) is 0.486. The predicted octanol–water partition coefficient (Wildman–Crippen LogP) is 1.79. The van der Waals surface area contributed by atoms with Crippen molar-refractivity contribution >= 4 is 40.3 Å². The van der Waals surface area contributed by atoms with Crippen LogP contribution in [0.4, 0.5) is 17.1 Å². The Bertz CT molecular complexity index is 425. The first kappa shape index (κ1) is 11.4. The van der Waals surface area contributed by atoms with Crippen LogP contribution in [0.1, 0.15) is 0 Å². The van der Waals surface area contributed by atoms with Crippen molar-refractivity contribution < 1.29 is 9.85 Å². The molecule has 0 unspecified atom stereocenters. The highest BCUT2D eigenvalue weighted by Crippen LogP contribution is 2.39. The molecule has 0 amide bonds. The Morgan fingerprint density at radius 3 is 1.67 bits per heavy atom. The topological polar surface area (TPSA) is 125 Å². The smallest absolute Gasteiger partial charge is 0.336 e. The van der Waals surface area contributed by atoms with Gasteiger partial charge in [0.05, 0.1) is 9.85 Å². The van der Waals surface area contributed by atoms with Gasteiger partial charge in [0.25, 0.3) is 0 Å². The molecule has 80 valence electrons. The van der Waals surface area contributed by atoms with E-state index in [1.165, 1.54) is 0 Å². The van der Waals surface area contributed by atoms with Crippen molar-refractivity contribution in [2.24, 2.45) is 0 Å². The molecule has 8 nitrogen and oxygen atoms in total. The lowest BCUT2D eigenvalue weighted by Gasteiger charge is -2.01. The second kappa shape index (κ2) is 3.83. The average molecular weight is 253 g/mol. The van der Waals surface area contributed by atoms with E-state index in [9.17, 15) is 20.2 Å². The SMILES string of the molecule is Nc1c([N+](=O)[O-])c(Cl)nc(Cl)c1[N+](=O)[O-]. The van der Waals surface area contributed by atoms with Gasteiger partial charge in [-0.3, -0.25) is 20.2 Å². The molecule has 0 saturated heterocycles. The first-order valence-electron chi connectivity index (χ1n) is 3.29. The van der Waals surface area contributed by atoms with Crippen LogP contribution in [0.25, 0.3) is 0 Å². The molecule has 1 aromatic heterocycles. The number of halogens is 2. The Labute approximate surface area is 91.9 Å². The van der Waals surface area contributed by atoms with Crippen LogP contribution >= 0.6 is 23.2 Å². The molecule has 1 heterocycles. The number of nitrogens with two attached hydrogens (primary N) is 1. The lowest BCUT2D eigenvalue weighted by atomic mass is 10.3. The molecule has 0 aliphatic rings. The molecule has 0 radical (unpaired) electrons. The molecule has 0 spiro atoms. The highest BCUT2D eigenvalue weighted by Gasteiger charge is 2.31. The van der Waals surface area contributed by atoms with Gasteiger partial charge in [-0.15, -0.1) is 0 Å². The van der Waals surface area contributed by atoms with Crippen molar-refractivity contribution in [1.82, 2.24) is 4.98 Å². The molecule has 1 aromatic rings. The molecule has 2 N–H and O–H groups in total. The summed E-state index contributed by atoms with van der Waals surface area (Å²) in [5.74, 6) is 0. The van der Waals surface area contributed by atoms with E-state index in [4.69, 9.17) is 28.9 Å². The van der Waals surface area contributed by atoms with Gasteiger partial charge in [-0.2, -0.15) is 0 Å². The fourth-order valence-corrected chi connectivity index (χ4v) is 1.43. The lowest BCUT2D eigenvalue weighted by molar-refractivity contribution is -0.392. The summed E-state index contributed by atoms with van der Waals surface area (Å²) < 4.78 is 0. The van der Waals surface area contributed by atoms with E-state index in [0.717, 1.165) is 0 Å². The fraction of sp³-hybridized carbons (Fsp3) is 0. The third-order valence-corrected chi connectivity index (χ3v) is 1.99. The van der Waals surface area contributed by atoms with Crippen molar-refractivity contribution in [3.8, 4) is 0 Å². The molecular formula is C5H2Cl2N4O4. The summed E-state index contributed by atoms with van der Waals surface area (Å²) in [6, 6.07) is 0. The van der Waals surface area contributed by atoms with Crippen LogP contribution in [-0.4, -0.2) is 14.8 Å². The van der Waals surface area contributed by atoms with E-state index >= 15 is 0 Å². The summed E-state index contributed by atoms with van der Waals surface area (Å²) in [6.45, 7) is 0. The van der Waals surface area contributed by atoms with Gasteiger partial charge in [-0.25, -0.2) is 4.98 Å². The summed E-state index contributed by atoms with van der Waals surface area (Å²) in [6.07, 6.45) is 0. The summed E-state index contributed by atoms with van der Waals surface area (Å²) in [4.78, 5) is 22.2. The molecule has 0 bridgehead atoms. The number of pyridine rings is 1. The summed E-state index contributed by atoms with van der Waals surface area (Å²) in [5.41, 5.74) is 2.83. The van der Waals surface area contributed by atoms with Crippen LogP contribution < -0.4 is 5.73 Å². The Morgan fingerprint density at radius 1 is 1.07 bits per heavy atom. The molecule has 0 aliphatic heterocycles. The van der Waals surface area contributed by atoms with E-state index in [1.807, 2.05) is 0 Å². The van der Waals surface area contributed by atoms with Crippen molar-refractivity contribution in [2.75, 3.05) is 5.73 Å². The predicted molar refractivity (Wildman–Crippen MR) is 52.0 cm³/mol. The normalized spacial score (nSPS) is 10.0. The maximum atomic E-state index is 10.5. The number of hydrogen-bond acceptors (Lipinski definition) is 6. The molecule has 15 heavy (non-hydrogen) atoms. The minimum absolute atomic E-state index is 0.590. The molecule has 10 heteroatoms. The lowest BCUT2D eigenvalue weighted by Crippen LogP contribution is -2.04. The van der Waals surface area contributed by atoms with Gasteiger partial charge >= 0.3 is 11.4 Å². The Morgan fingerprint density at radius 2 is 1.40 bits per heavy atom. The van der Waals surface area contributed by atoms with Crippen LogP contribution in [0, 0.1) is 20.2 Å². The first-order valence-corrected chi connectivity index (χ1v) is 4.05. The molecule has 1 rings (SSSR count). The van der Waals surface area contributed by atoms with Crippen LogP contribution in [0.5, 0.6) is 0 Å². The van der Waals surface area contributed by atoms with Gasteiger partial charge in [0.2, 0.25) is 10.3 Å². The first-order chi connectivity index (χ1) is 6.86. The van der Waals surface area contributed by atoms with Crippen LogP contribution in [-0.2, 0) is 0 Å². The molecule has 0 fully saturated rings. The van der Waals surface area contributed by atoms with Gasteiger partial charge in [-0.1, -0.05) is 23.2 Å². The van der Waals surface area contributed by atoms with E-state index in [-0.39, 0.29) is 0 Å². The molecular weight excluding hydrogens is 251 g/mol. The second-order valence-corrected chi connectivity index (χ2v) is 3.03. The zero-order valence-electron chi connectivity index (χ0n) is 6.81. The highest BCUT2D eigenvalue weighted by atomic mass is 35.5. The third kappa shape index (κ3) is 1.90. The maximum Gasteiger partial charge on any atom is 0.336 e. The van der Waals surface area contributed by atoms with Gasteiger partial charge in [-0.05, 0) is 0 Å². The number of anilines is 1. The number of nitro groups is 2. The molecule has 0 aliphatic carbocycles. The maximum absolute atomic E-state index is 10.5. The van der Waals surface area contributed by atoms with E-state index in [1.54, 1.807) is 0 Å². The Balaban J connectivity index is 3.64. The molecule has 0 aromatic carbocycles. The van der Waals surface area contributed by atoms with E-state index < -0.39 is 37.2 Å². The number of hydrogen-bond donors (Lipinski definition) is 1. The van der Waals surface area contributed by atoms with Crippen molar-refractivity contribution in [3.63, 3.8) is 0 Å². The number of nitrogen functional groups attached to an aromatic ring is 1. The van der Waals surface area contributed by atoms with Gasteiger partial charge in [0.1, 0.15) is 0 Å². The van der Waals surface area contributed by atoms with Crippen LogP contribution in [0.3, 0.4) is 0 Å². The van der Waals surface area contributed by atoms with Crippen molar-refractivity contribution in [1.29, 1.82) is 0 Å². The van der Waals surface area contributed by atoms with Crippen LogP contribution in [0.15, 0.2) is 0 Å². The number of aromatic nitrogens is 1. The summed E-state index contributed by atoms with van der Waals surface area (Å²) in [5, 5.41) is 19.7. The largest absolute Gasteiger partial charge is 0.387 e. The van der Waals surface area contributed by atoms with Gasteiger partial charge < -0.3 is 5.73 Å². The van der Waals surface area contributed by atoms with Crippen molar-refractivity contribution in [2.45, 2.75) is 0 Å². The number of nitrogens with zero attached hydrogens (tertiary/aromatic N) is 3. The average Bonchev–Trinajstić information content (AvgIpc) is 1.99. The zero-order chi connectivity index (χ0) is 11.7. The Kier molecular flexibility index (Phi) is 2.91. The Hall–Kier alpha value is -1.67. The third-order valence-electron chi connectivity index (χ3n) is 1.46. The minimum atomic E-state index is -0.964. The van der Waals surface area contributed by atoms with Crippen LogP contribution in [0.2, 0.25) is 10.3 Å². The summed E-state index contributed by atoms with van der Waals surface area (Å²) >= 11 is 10.7. The molecule has 0 saturated carbocycles. The monoisotopic (exact) mass is 252 g/mol. The van der Waals surface area contributed by atoms with Crippen molar-refractivity contribution in [3.05, 3.63) is 30.5 Å². The minimum Gasteiger partial charge on any atom is -0.387 e. The fourth-order valence-electron chi connectivity index (χ4n) is 0.874. The molecule has 0 atom stereocenters. The van der Waals surface area contributed by atoms with E-state index in [0.29, 0.717) is 0 Å². The number of rotatable bonds is 2. The van der Waals surface area contributed by atoms with Gasteiger partial charge in [0, 0.05) is 0 Å². The zero-order valence-corrected chi connectivity index (χ0v) is 8.32. The standard InChI is InChI=1S/C5H2Cl2N4O4/c6-4-2(10(12)13)1(8)3(11(14)15)5(7)9-4/h(H2,8,9).